The van der Waals surface area contributed by atoms with Gasteiger partial charge < -0.3 is 24.2 Å². The lowest BCUT2D eigenvalue weighted by Gasteiger charge is -2.43. The number of alkyl halides is 3. The number of halogens is 3. The van der Waals surface area contributed by atoms with Gasteiger partial charge in [-0.3, -0.25) is 0 Å². The SMILES string of the molecule is COCCc1noc(C2CC(c3ccc(C(F)(F)F)cc3)CN(C(=O)N3CC(O)C3)C2)n1. The monoisotopic (exact) mass is 454 g/mol. The Morgan fingerprint density at radius 3 is 2.44 bits per heavy atom. The predicted octanol–water partition coefficient (Wildman–Crippen LogP) is 2.65. The minimum absolute atomic E-state index is 0.194. The van der Waals surface area contributed by atoms with Crippen molar-refractivity contribution in [2.45, 2.75) is 37.0 Å². The van der Waals surface area contributed by atoms with Gasteiger partial charge in [0.05, 0.1) is 37.3 Å². The van der Waals surface area contributed by atoms with Crippen LogP contribution in [0.3, 0.4) is 0 Å². The molecule has 2 aliphatic heterocycles. The number of piperidine rings is 1. The summed E-state index contributed by atoms with van der Waals surface area (Å²) in [6.45, 7) is 1.70. The van der Waals surface area contributed by atoms with Gasteiger partial charge >= 0.3 is 12.2 Å². The molecule has 2 amide bonds. The Hall–Kier alpha value is -2.66. The average Bonchev–Trinajstić information content (AvgIpc) is 3.23. The molecule has 0 radical (unpaired) electrons. The second-order valence-electron chi connectivity index (χ2n) is 8.29. The van der Waals surface area contributed by atoms with Crippen LogP contribution < -0.4 is 0 Å². The smallest absolute Gasteiger partial charge is 0.389 e. The highest BCUT2D eigenvalue weighted by Crippen LogP contribution is 2.37. The highest BCUT2D eigenvalue weighted by atomic mass is 19.4. The lowest BCUT2D eigenvalue weighted by molar-refractivity contribution is -0.137. The van der Waals surface area contributed by atoms with E-state index in [0.29, 0.717) is 49.8 Å². The Morgan fingerprint density at radius 2 is 1.81 bits per heavy atom. The van der Waals surface area contributed by atoms with Gasteiger partial charge in [-0.2, -0.15) is 18.2 Å². The fourth-order valence-corrected chi connectivity index (χ4v) is 4.16. The lowest BCUT2D eigenvalue weighted by atomic mass is 9.84. The largest absolute Gasteiger partial charge is 0.416 e. The number of rotatable bonds is 5. The Labute approximate surface area is 182 Å². The van der Waals surface area contributed by atoms with Crippen molar-refractivity contribution >= 4 is 6.03 Å². The van der Waals surface area contributed by atoms with Gasteiger partial charge in [-0.1, -0.05) is 17.3 Å². The topological polar surface area (TPSA) is 91.9 Å². The van der Waals surface area contributed by atoms with E-state index in [2.05, 4.69) is 10.1 Å². The molecule has 1 aromatic heterocycles. The van der Waals surface area contributed by atoms with E-state index in [1.807, 2.05) is 0 Å². The number of hydrogen-bond acceptors (Lipinski definition) is 6. The van der Waals surface area contributed by atoms with E-state index in [-0.39, 0.29) is 31.0 Å². The molecule has 2 saturated heterocycles. The average molecular weight is 454 g/mol. The van der Waals surface area contributed by atoms with Crippen LogP contribution in [0.25, 0.3) is 0 Å². The number of β-amino-alcohol motifs (C(OH)–C–C–N with tert-alkyl or cyclic N) is 1. The minimum Gasteiger partial charge on any atom is -0.389 e. The Kier molecular flexibility index (Phi) is 6.38. The van der Waals surface area contributed by atoms with E-state index in [1.165, 1.54) is 12.1 Å². The van der Waals surface area contributed by atoms with E-state index >= 15 is 0 Å². The Morgan fingerprint density at radius 1 is 1.16 bits per heavy atom. The zero-order chi connectivity index (χ0) is 22.9. The third kappa shape index (κ3) is 4.88. The number of hydrogen-bond donors (Lipinski definition) is 1. The molecule has 2 aliphatic rings. The lowest BCUT2D eigenvalue weighted by Crippen LogP contribution is -2.59. The summed E-state index contributed by atoms with van der Waals surface area (Å²) in [6.07, 6.45) is -3.88. The van der Waals surface area contributed by atoms with Crippen LogP contribution in [0.5, 0.6) is 0 Å². The highest BCUT2D eigenvalue weighted by molar-refractivity contribution is 5.75. The number of nitrogens with zero attached hydrogens (tertiary/aromatic N) is 4. The number of urea groups is 1. The van der Waals surface area contributed by atoms with Crippen LogP contribution in [0.1, 0.15) is 41.1 Å². The van der Waals surface area contributed by atoms with Crippen LogP contribution in [0.2, 0.25) is 0 Å². The van der Waals surface area contributed by atoms with E-state index in [1.54, 1.807) is 16.9 Å². The summed E-state index contributed by atoms with van der Waals surface area (Å²) in [6, 6.07) is 4.84. The molecule has 2 unspecified atom stereocenters. The maximum absolute atomic E-state index is 13.0. The molecule has 3 heterocycles. The number of carbonyl (C=O) groups is 1. The van der Waals surface area contributed by atoms with Gasteiger partial charge in [-0.05, 0) is 24.1 Å². The van der Waals surface area contributed by atoms with Gasteiger partial charge in [0, 0.05) is 32.5 Å². The zero-order valence-electron chi connectivity index (χ0n) is 17.6. The predicted molar refractivity (Wildman–Crippen MR) is 106 cm³/mol. The Balaban J connectivity index is 1.55. The van der Waals surface area contributed by atoms with Crippen molar-refractivity contribution in [3.05, 3.63) is 47.1 Å². The van der Waals surface area contributed by atoms with Gasteiger partial charge in [0.25, 0.3) is 0 Å². The van der Waals surface area contributed by atoms with Crippen molar-refractivity contribution in [1.82, 2.24) is 19.9 Å². The van der Waals surface area contributed by atoms with Crippen LogP contribution in [0.4, 0.5) is 18.0 Å². The van der Waals surface area contributed by atoms with Crippen LogP contribution in [0, 0.1) is 0 Å². The first-order valence-corrected chi connectivity index (χ1v) is 10.4. The number of carbonyl (C=O) groups excluding carboxylic acids is 1. The number of aliphatic hydroxyl groups is 1. The van der Waals surface area contributed by atoms with Crippen molar-refractivity contribution in [3.8, 4) is 0 Å². The molecule has 8 nitrogen and oxygen atoms in total. The van der Waals surface area contributed by atoms with Gasteiger partial charge in [0.2, 0.25) is 5.89 Å². The van der Waals surface area contributed by atoms with Gasteiger partial charge in [-0.25, -0.2) is 4.79 Å². The number of amides is 2. The third-order valence-electron chi connectivity index (χ3n) is 5.93. The number of ether oxygens (including phenoxy) is 1. The van der Waals surface area contributed by atoms with E-state index in [0.717, 1.165) is 12.1 Å². The van der Waals surface area contributed by atoms with Crippen LogP contribution in [-0.2, 0) is 17.3 Å². The molecule has 0 bridgehead atoms. The summed E-state index contributed by atoms with van der Waals surface area (Å²) >= 11 is 0. The molecule has 0 saturated carbocycles. The summed E-state index contributed by atoms with van der Waals surface area (Å²) < 4.78 is 49.3. The fraction of sp³-hybridized carbons (Fsp3) is 0.571. The molecule has 32 heavy (non-hydrogen) atoms. The van der Waals surface area contributed by atoms with E-state index in [9.17, 15) is 23.1 Å². The van der Waals surface area contributed by atoms with Crippen LogP contribution in [-0.4, -0.2) is 77.1 Å². The molecule has 11 heteroatoms. The van der Waals surface area contributed by atoms with Gasteiger partial charge in [0.1, 0.15) is 0 Å². The van der Waals surface area contributed by atoms with Crippen molar-refractivity contribution in [1.29, 1.82) is 0 Å². The third-order valence-corrected chi connectivity index (χ3v) is 5.93. The molecule has 2 fully saturated rings. The van der Waals surface area contributed by atoms with Crippen LogP contribution >= 0.6 is 0 Å². The number of benzene rings is 1. The molecular weight excluding hydrogens is 429 g/mol. The van der Waals surface area contributed by atoms with Crippen molar-refractivity contribution < 1.29 is 32.3 Å². The molecule has 0 aliphatic carbocycles. The summed E-state index contributed by atoms with van der Waals surface area (Å²) in [7, 11) is 1.58. The summed E-state index contributed by atoms with van der Waals surface area (Å²) in [5, 5.41) is 13.5. The molecule has 2 aromatic rings. The first-order valence-electron chi connectivity index (χ1n) is 10.4. The number of aliphatic hydroxyl groups excluding tert-OH is 1. The molecule has 2 atom stereocenters. The van der Waals surface area contributed by atoms with Crippen molar-refractivity contribution in [2.24, 2.45) is 0 Å². The minimum atomic E-state index is -4.41. The number of aromatic nitrogens is 2. The number of likely N-dealkylation sites (tertiary alicyclic amines) is 2. The molecule has 4 rings (SSSR count). The molecular formula is C21H25F3N4O4. The standard InChI is InChI=1S/C21H25F3N4O4/c1-31-7-6-18-25-19(32-26-18)15-8-14(13-2-4-16(5-3-13)21(22,23)24)9-27(10-15)20(30)28-11-17(29)12-28/h2-5,14-15,17,29H,6-12H2,1H3. The Bertz CT molecular complexity index is 928. The second-order valence-corrected chi connectivity index (χ2v) is 8.29. The molecule has 1 N–H and O–H groups in total. The first kappa shape index (κ1) is 22.5. The van der Waals surface area contributed by atoms with Crippen LogP contribution in [0.15, 0.2) is 28.8 Å². The first-order chi connectivity index (χ1) is 15.2. The molecule has 0 spiro atoms. The zero-order valence-corrected chi connectivity index (χ0v) is 17.6. The van der Waals surface area contributed by atoms with Crippen molar-refractivity contribution in [3.63, 3.8) is 0 Å². The quantitative estimate of drug-likeness (QED) is 0.747. The maximum Gasteiger partial charge on any atom is 0.416 e. The van der Waals surface area contributed by atoms with E-state index < -0.39 is 17.8 Å². The molecule has 174 valence electrons. The fourth-order valence-electron chi connectivity index (χ4n) is 4.16. The summed E-state index contributed by atoms with van der Waals surface area (Å²) in [5.74, 6) is 0.451. The summed E-state index contributed by atoms with van der Waals surface area (Å²) in [4.78, 5) is 20.6. The molecule has 1 aromatic carbocycles. The maximum atomic E-state index is 13.0. The van der Waals surface area contributed by atoms with Gasteiger partial charge in [0.15, 0.2) is 5.82 Å². The summed E-state index contributed by atoms with van der Waals surface area (Å²) in [5.41, 5.74) is -0.000870. The van der Waals surface area contributed by atoms with Gasteiger partial charge in [-0.15, -0.1) is 0 Å². The normalized spacial score (nSPS) is 22.2. The van der Waals surface area contributed by atoms with Crippen molar-refractivity contribution in [2.75, 3.05) is 39.9 Å². The second kappa shape index (κ2) is 9.07. The van der Waals surface area contributed by atoms with E-state index in [4.69, 9.17) is 9.26 Å². The number of methoxy groups -OCH3 is 1. The highest BCUT2D eigenvalue weighted by Gasteiger charge is 2.39.